The summed E-state index contributed by atoms with van der Waals surface area (Å²) >= 11 is 0. The predicted molar refractivity (Wildman–Crippen MR) is 100 cm³/mol. The monoisotopic (exact) mass is 432 g/mol. The van der Waals surface area contributed by atoms with Gasteiger partial charge in [0, 0.05) is 25.3 Å². The second-order valence-electron chi connectivity index (χ2n) is 9.18. The highest BCUT2D eigenvalue weighted by atomic mass is 16.8. The molecule has 9 heteroatoms. The third kappa shape index (κ3) is 2.97. The Morgan fingerprint density at radius 2 is 2.03 bits per heavy atom. The molecular formula is C22H24O9. The molecule has 31 heavy (non-hydrogen) atoms. The van der Waals surface area contributed by atoms with Crippen molar-refractivity contribution in [3.63, 3.8) is 0 Å². The van der Waals surface area contributed by atoms with E-state index in [-0.39, 0.29) is 50.3 Å². The highest BCUT2D eigenvalue weighted by molar-refractivity contribution is 6.06. The number of carbonyl (C=O) groups excluding carboxylic acids is 4. The van der Waals surface area contributed by atoms with E-state index in [0.29, 0.717) is 5.56 Å². The van der Waals surface area contributed by atoms with E-state index in [2.05, 4.69) is 0 Å². The van der Waals surface area contributed by atoms with Gasteiger partial charge in [-0.2, -0.15) is 0 Å². The Hall–Kier alpha value is -2.52. The van der Waals surface area contributed by atoms with Crippen LogP contribution in [0.3, 0.4) is 0 Å². The molecule has 0 N–H and O–H groups in total. The van der Waals surface area contributed by atoms with E-state index in [4.69, 9.17) is 23.4 Å². The fourth-order valence-electron chi connectivity index (χ4n) is 5.66. The van der Waals surface area contributed by atoms with Gasteiger partial charge in [-0.3, -0.25) is 19.2 Å². The van der Waals surface area contributed by atoms with Crippen LogP contribution in [0.1, 0.15) is 57.6 Å². The van der Waals surface area contributed by atoms with Crippen LogP contribution in [0, 0.1) is 11.3 Å². The molecule has 0 radical (unpaired) electrons. The summed E-state index contributed by atoms with van der Waals surface area (Å²) in [4.78, 5) is 51.5. The first-order valence-corrected chi connectivity index (χ1v) is 10.5. The quantitative estimate of drug-likeness (QED) is 0.511. The number of rotatable bonds is 2. The Balaban J connectivity index is 1.55. The van der Waals surface area contributed by atoms with Crippen molar-refractivity contribution in [2.24, 2.45) is 11.3 Å². The first-order valence-electron chi connectivity index (χ1n) is 10.5. The molecule has 5 rings (SSSR count). The van der Waals surface area contributed by atoms with E-state index in [1.807, 2.05) is 0 Å². The van der Waals surface area contributed by atoms with Gasteiger partial charge in [0.05, 0.1) is 31.5 Å². The molecule has 1 aliphatic carbocycles. The lowest BCUT2D eigenvalue weighted by Gasteiger charge is -2.47. The van der Waals surface area contributed by atoms with Crippen molar-refractivity contribution in [3.05, 3.63) is 24.2 Å². The third-order valence-electron chi connectivity index (χ3n) is 7.14. The van der Waals surface area contributed by atoms with Crippen LogP contribution >= 0.6 is 0 Å². The number of Topliss-reactive ketones (excluding diaryl/α,β-unsaturated/α-hetero) is 2. The molecule has 3 saturated heterocycles. The van der Waals surface area contributed by atoms with Crippen LogP contribution in [0.25, 0.3) is 0 Å². The molecule has 166 valence electrons. The summed E-state index contributed by atoms with van der Waals surface area (Å²) in [6, 6.07) is 1.69. The van der Waals surface area contributed by atoms with Gasteiger partial charge in [0.1, 0.15) is 29.0 Å². The molecule has 1 aromatic heterocycles. The van der Waals surface area contributed by atoms with E-state index >= 15 is 0 Å². The van der Waals surface area contributed by atoms with Crippen LogP contribution in [-0.4, -0.2) is 47.6 Å². The van der Waals surface area contributed by atoms with E-state index < -0.39 is 46.9 Å². The van der Waals surface area contributed by atoms with Gasteiger partial charge in [0.2, 0.25) is 0 Å². The molecular weight excluding hydrogens is 408 g/mol. The predicted octanol–water partition coefficient (Wildman–Crippen LogP) is 2.03. The lowest BCUT2D eigenvalue weighted by atomic mass is 9.62. The maximum absolute atomic E-state index is 13.3. The minimum Gasteiger partial charge on any atom is -0.472 e. The zero-order chi connectivity index (χ0) is 22.0. The highest BCUT2D eigenvalue weighted by Gasteiger charge is 2.69. The number of cyclic esters (lactones) is 1. The zero-order valence-electron chi connectivity index (χ0n) is 17.4. The number of carbonyl (C=O) groups is 4. The first kappa shape index (κ1) is 20.4. The molecule has 1 aromatic rings. The number of furan rings is 1. The number of ether oxygens (including phenoxy) is 4. The van der Waals surface area contributed by atoms with E-state index in [1.165, 1.54) is 19.5 Å². The molecule has 9 nitrogen and oxygen atoms in total. The molecule has 3 aliphatic heterocycles. The van der Waals surface area contributed by atoms with Gasteiger partial charge in [-0.05, 0) is 25.8 Å². The molecule has 4 heterocycles. The Kier molecular flexibility index (Phi) is 4.43. The Morgan fingerprint density at radius 1 is 1.23 bits per heavy atom. The average molecular weight is 432 g/mol. The molecule has 2 spiro atoms. The number of fused-ring (bicyclic) bond motifs is 1. The van der Waals surface area contributed by atoms with Crippen molar-refractivity contribution >= 4 is 23.5 Å². The van der Waals surface area contributed by atoms with Crippen LogP contribution < -0.4 is 0 Å². The lowest BCUT2D eigenvalue weighted by Crippen LogP contribution is -2.62. The molecule has 0 aromatic carbocycles. The van der Waals surface area contributed by atoms with Crippen molar-refractivity contribution in [3.8, 4) is 0 Å². The van der Waals surface area contributed by atoms with Gasteiger partial charge in [0.15, 0.2) is 11.6 Å². The number of esters is 2. The zero-order valence-corrected chi connectivity index (χ0v) is 17.4. The summed E-state index contributed by atoms with van der Waals surface area (Å²) in [5, 5.41) is 0. The highest BCUT2D eigenvalue weighted by Crippen LogP contribution is 2.56. The van der Waals surface area contributed by atoms with Gasteiger partial charge < -0.3 is 23.4 Å². The SMILES string of the molecule is CC(=O)OC1CCC(=O)C2(CC(c3ccoc3)OC2=O)CC2C(=O)CC3(C)OCC12O3. The Morgan fingerprint density at radius 3 is 2.74 bits per heavy atom. The maximum Gasteiger partial charge on any atom is 0.320 e. The first-order chi connectivity index (χ1) is 14.7. The van der Waals surface area contributed by atoms with Crippen LogP contribution in [-0.2, 0) is 38.1 Å². The second kappa shape index (κ2) is 6.74. The van der Waals surface area contributed by atoms with Crippen molar-refractivity contribution in [1.29, 1.82) is 0 Å². The Bertz CT molecular complexity index is 952. The maximum atomic E-state index is 13.3. The van der Waals surface area contributed by atoms with Crippen molar-refractivity contribution < 1.29 is 42.5 Å². The van der Waals surface area contributed by atoms with Gasteiger partial charge in [-0.1, -0.05) is 0 Å². The second-order valence-corrected chi connectivity index (χ2v) is 9.18. The van der Waals surface area contributed by atoms with Crippen molar-refractivity contribution in [2.75, 3.05) is 6.61 Å². The van der Waals surface area contributed by atoms with Crippen LogP contribution in [0.5, 0.6) is 0 Å². The van der Waals surface area contributed by atoms with E-state index in [1.54, 1.807) is 13.0 Å². The minimum absolute atomic E-state index is 0.00329. The molecule has 4 aliphatic rings. The molecule has 4 fully saturated rings. The molecule has 6 atom stereocenters. The summed E-state index contributed by atoms with van der Waals surface area (Å²) in [7, 11) is 0. The molecule has 2 bridgehead atoms. The van der Waals surface area contributed by atoms with Gasteiger partial charge in [-0.25, -0.2) is 0 Å². The normalized spacial score (nSPS) is 42.1. The van der Waals surface area contributed by atoms with Crippen LogP contribution in [0.15, 0.2) is 23.0 Å². The topological polar surface area (TPSA) is 118 Å². The fourth-order valence-corrected chi connectivity index (χ4v) is 5.66. The number of hydrogen-bond acceptors (Lipinski definition) is 9. The summed E-state index contributed by atoms with van der Waals surface area (Å²) < 4.78 is 28.3. The summed E-state index contributed by atoms with van der Waals surface area (Å²) in [5.41, 5.74) is -2.04. The summed E-state index contributed by atoms with van der Waals surface area (Å²) in [6.07, 6.45) is 1.69. The lowest BCUT2D eigenvalue weighted by molar-refractivity contribution is -0.241. The number of hydrogen-bond donors (Lipinski definition) is 0. The smallest absolute Gasteiger partial charge is 0.320 e. The van der Waals surface area contributed by atoms with Crippen molar-refractivity contribution in [2.45, 2.75) is 69.5 Å². The summed E-state index contributed by atoms with van der Waals surface area (Å²) in [6.45, 7) is 3.00. The fraction of sp³-hybridized carbons (Fsp3) is 0.636. The van der Waals surface area contributed by atoms with E-state index in [9.17, 15) is 19.2 Å². The molecule has 6 unspecified atom stereocenters. The molecule has 1 saturated carbocycles. The van der Waals surface area contributed by atoms with Crippen molar-refractivity contribution in [1.82, 2.24) is 0 Å². The van der Waals surface area contributed by atoms with Crippen LogP contribution in [0.4, 0.5) is 0 Å². The molecule has 0 amide bonds. The Labute approximate surface area is 178 Å². The summed E-state index contributed by atoms with van der Waals surface area (Å²) in [5.74, 6) is -3.60. The average Bonchev–Trinajstić information content (AvgIpc) is 3.39. The standard InChI is InChI=1S/C22H24O9/c1-12(23)29-18-4-3-17(25)21(9-16(30-19(21)26)13-5-6-27-10-13)7-14-15(24)8-20(2)28-11-22(14,18)31-20/h5-6,10,14,16,18H,3-4,7-9,11H2,1-2H3. The number of ketones is 2. The van der Waals surface area contributed by atoms with Crippen LogP contribution in [0.2, 0.25) is 0 Å². The third-order valence-corrected chi connectivity index (χ3v) is 7.14. The largest absolute Gasteiger partial charge is 0.472 e. The van der Waals surface area contributed by atoms with Gasteiger partial charge >= 0.3 is 11.9 Å². The van der Waals surface area contributed by atoms with Gasteiger partial charge in [-0.15, -0.1) is 0 Å². The van der Waals surface area contributed by atoms with Gasteiger partial charge in [0.25, 0.3) is 0 Å². The van der Waals surface area contributed by atoms with E-state index in [0.717, 1.165) is 0 Å². The minimum atomic E-state index is -1.46.